The number of rotatable bonds is 4. The summed E-state index contributed by atoms with van der Waals surface area (Å²) < 4.78 is 11.0. The van der Waals surface area contributed by atoms with Crippen molar-refractivity contribution in [3.8, 4) is 0 Å². The fourth-order valence-electron chi connectivity index (χ4n) is 0.980. The molecule has 0 aromatic heterocycles. The minimum absolute atomic E-state index is 0.0389. The van der Waals surface area contributed by atoms with Crippen LogP contribution in [-0.2, 0) is 15.6 Å². The molecule has 1 aliphatic rings. The maximum absolute atomic E-state index is 11.3. The van der Waals surface area contributed by atoms with E-state index in [0.29, 0.717) is 6.54 Å². The number of hydrogen-bond donors (Lipinski definition) is 2. The molecule has 1 rings (SSSR count). The molecular weight excluding hydrogens is 188 g/mol. The van der Waals surface area contributed by atoms with Gasteiger partial charge in [0.05, 0.1) is 5.92 Å². The van der Waals surface area contributed by atoms with E-state index in [-0.39, 0.29) is 17.1 Å². The van der Waals surface area contributed by atoms with Crippen molar-refractivity contribution < 1.29 is 9.00 Å². The van der Waals surface area contributed by atoms with Gasteiger partial charge in [0, 0.05) is 41.9 Å². The van der Waals surface area contributed by atoms with E-state index in [1.165, 1.54) is 0 Å². The summed E-state index contributed by atoms with van der Waals surface area (Å²) in [6.07, 6.45) is 1.65. The van der Waals surface area contributed by atoms with Gasteiger partial charge >= 0.3 is 0 Å². The number of carbonyl (C=O) groups is 1. The van der Waals surface area contributed by atoms with Gasteiger partial charge < -0.3 is 10.6 Å². The van der Waals surface area contributed by atoms with Crippen molar-refractivity contribution in [2.75, 3.05) is 25.9 Å². The molecule has 0 saturated carbocycles. The zero-order valence-corrected chi connectivity index (χ0v) is 8.82. The molecule has 2 N–H and O–H groups in total. The highest BCUT2D eigenvalue weighted by Crippen LogP contribution is 2.02. The summed E-state index contributed by atoms with van der Waals surface area (Å²) in [5.74, 6) is 0.202. The van der Waals surface area contributed by atoms with E-state index in [4.69, 9.17) is 0 Å². The highest BCUT2D eigenvalue weighted by molar-refractivity contribution is 7.84. The molecule has 2 unspecified atom stereocenters. The molecule has 0 aliphatic carbocycles. The Morgan fingerprint density at radius 2 is 2.31 bits per heavy atom. The first kappa shape index (κ1) is 10.7. The van der Waals surface area contributed by atoms with Gasteiger partial charge in [-0.15, -0.1) is 0 Å². The van der Waals surface area contributed by atoms with Gasteiger partial charge in [-0.05, 0) is 6.92 Å². The highest BCUT2D eigenvalue weighted by atomic mass is 32.2. The summed E-state index contributed by atoms with van der Waals surface area (Å²) in [6, 6.07) is 0. The Bertz CT molecular complexity index is 216. The fourth-order valence-corrected chi connectivity index (χ4v) is 1.30. The number of hydrogen-bond acceptors (Lipinski definition) is 3. The quantitative estimate of drug-likeness (QED) is 0.623. The summed E-state index contributed by atoms with van der Waals surface area (Å²) in [4.78, 5) is 11.3. The van der Waals surface area contributed by atoms with Crippen LogP contribution in [-0.4, -0.2) is 41.3 Å². The van der Waals surface area contributed by atoms with Crippen molar-refractivity contribution in [3.05, 3.63) is 0 Å². The standard InChI is InChI=1S/C8H16N2O2S/c1-6(13(2)12)3-10-8(11)7-4-9-5-7/h6-7,9H,3-5H2,1-2H3,(H,10,11). The zero-order chi connectivity index (χ0) is 9.84. The molecule has 1 heterocycles. The maximum atomic E-state index is 11.3. The SMILES string of the molecule is CC(CNC(=O)C1CNC1)S(C)=O. The Labute approximate surface area is 80.9 Å². The Morgan fingerprint density at radius 3 is 2.69 bits per heavy atom. The Morgan fingerprint density at radius 1 is 1.69 bits per heavy atom. The summed E-state index contributed by atoms with van der Waals surface area (Å²) >= 11 is 0. The second-order valence-electron chi connectivity index (χ2n) is 3.41. The van der Waals surface area contributed by atoms with Gasteiger partial charge in [0.1, 0.15) is 0 Å². The Kier molecular flexibility index (Phi) is 3.87. The van der Waals surface area contributed by atoms with Gasteiger partial charge in [-0.25, -0.2) is 0 Å². The lowest BCUT2D eigenvalue weighted by molar-refractivity contribution is -0.126. The van der Waals surface area contributed by atoms with Crippen LogP contribution in [0.4, 0.5) is 0 Å². The van der Waals surface area contributed by atoms with Gasteiger partial charge in [0.25, 0.3) is 0 Å². The summed E-state index contributed by atoms with van der Waals surface area (Å²) in [6.45, 7) is 3.93. The molecule has 1 aliphatic heterocycles. The van der Waals surface area contributed by atoms with Crippen LogP contribution < -0.4 is 10.6 Å². The van der Waals surface area contributed by atoms with E-state index in [9.17, 15) is 9.00 Å². The molecule has 2 atom stereocenters. The molecule has 0 bridgehead atoms. The average molecular weight is 204 g/mol. The fraction of sp³-hybridized carbons (Fsp3) is 0.875. The van der Waals surface area contributed by atoms with Crippen LogP contribution in [0.15, 0.2) is 0 Å². The van der Waals surface area contributed by atoms with Crippen LogP contribution in [0.5, 0.6) is 0 Å². The first-order chi connectivity index (χ1) is 6.11. The third kappa shape index (κ3) is 3.08. The topological polar surface area (TPSA) is 58.2 Å². The first-order valence-corrected chi connectivity index (χ1v) is 6.04. The summed E-state index contributed by atoms with van der Waals surface area (Å²) in [5, 5.41) is 5.86. The molecule has 1 saturated heterocycles. The molecule has 0 spiro atoms. The molecule has 1 fully saturated rings. The normalized spacial score (nSPS) is 21.7. The lowest BCUT2D eigenvalue weighted by Gasteiger charge is -2.26. The maximum Gasteiger partial charge on any atom is 0.225 e. The minimum atomic E-state index is -0.854. The van der Waals surface area contributed by atoms with Crippen molar-refractivity contribution in [3.63, 3.8) is 0 Å². The van der Waals surface area contributed by atoms with E-state index < -0.39 is 10.8 Å². The van der Waals surface area contributed by atoms with Crippen molar-refractivity contribution in [1.29, 1.82) is 0 Å². The molecule has 0 aromatic carbocycles. The molecule has 5 heteroatoms. The smallest absolute Gasteiger partial charge is 0.225 e. The lowest BCUT2D eigenvalue weighted by atomic mass is 10.0. The largest absolute Gasteiger partial charge is 0.355 e. The summed E-state index contributed by atoms with van der Waals surface area (Å²) in [7, 11) is -0.854. The van der Waals surface area contributed by atoms with Crippen molar-refractivity contribution in [2.24, 2.45) is 5.92 Å². The van der Waals surface area contributed by atoms with Gasteiger partial charge in [0.2, 0.25) is 5.91 Å². The number of amides is 1. The molecule has 4 nitrogen and oxygen atoms in total. The van der Waals surface area contributed by atoms with Crippen LogP contribution in [0.2, 0.25) is 0 Å². The molecule has 1 amide bonds. The van der Waals surface area contributed by atoms with Crippen molar-refractivity contribution in [2.45, 2.75) is 12.2 Å². The van der Waals surface area contributed by atoms with E-state index in [0.717, 1.165) is 13.1 Å². The van der Waals surface area contributed by atoms with Crippen molar-refractivity contribution in [1.82, 2.24) is 10.6 Å². The van der Waals surface area contributed by atoms with Gasteiger partial charge in [-0.1, -0.05) is 0 Å². The van der Waals surface area contributed by atoms with Gasteiger partial charge in [0.15, 0.2) is 0 Å². The minimum Gasteiger partial charge on any atom is -0.355 e. The van der Waals surface area contributed by atoms with Crippen molar-refractivity contribution >= 4 is 16.7 Å². The molecule has 0 aromatic rings. The van der Waals surface area contributed by atoms with Crippen LogP contribution in [0.1, 0.15) is 6.92 Å². The number of nitrogens with one attached hydrogen (secondary N) is 2. The number of carbonyl (C=O) groups excluding carboxylic acids is 1. The second kappa shape index (κ2) is 4.72. The van der Waals surface area contributed by atoms with Gasteiger partial charge in [-0.3, -0.25) is 9.00 Å². The molecule has 13 heavy (non-hydrogen) atoms. The first-order valence-electron chi connectivity index (χ1n) is 4.42. The average Bonchev–Trinajstić information content (AvgIpc) is 1.96. The van der Waals surface area contributed by atoms with E-state index in [1.807, 2.05) is 6.92 Å². The predicted octanol–water partition coefficient (Wildman–Crippen LogP) is -0.911. The molecule has 0 radical (unpaired) electrons. The third-order valence-electron chi connectivity index (χ3n) is 2.28. The summed E-state index contributed by atoms with van der Waals surface area (Å²) in [5.41, 5.74) is 0. The second-order valence-corrected chi connectivity index (χ2v) is 5.21. The monoisotopic (exact) mass is 204 g/mol. The van der Waals surface area contributed by atoms with Crippen LogP contribution in [0.25, 0.3) is 0 Å². The van der Waals surface area contributed by atoms with Crippen LogP contribution >= 0.6 is 0 Å². The van der Waals surface area contributed by atoms with Crippen LogP contribution in [0, 0.1) is 5.92 Å². The van der Waals surface area contributed by atoms with Crippen LogP contribution in [0.3, 0.4) is 0 Å². The van der Waals surface area contributed by atoms with E-state index >= 15 is 0 Å². The molecule has 76 valence electrons. The highest BCUT2D eigenvalue weighted by Gasteiger charge is 2.24. The Balaban J connectivity index is 2.17. The molecular formula is C8H16N2O2S. The lowest BCUT2D eigenvalue weighted by Crippen LogP contribution is -2.51. The third-order valence-corrected chi connectivity index (χ3v) is 3.58. The zero-order valence-electron chi connectivity index (χ0n) is 8.00. The predicted molar refractivity (Wildman–Crippen MR) is 52.9 cm³/mol. The van der Waals surface area contributed by atoms with Gasteiger partial charge in [-0.2, -0.15) is 0 Å². The van der Waals surface area contributed by atoms with E-state index in [2.05, 4.69) is 10.6 Å². The van der Waals surface area contributed by atoms with E-state index in [1.54, 1.807) is 6.26 Å². The Hall–Kier alpha value is -0.420.